The van der Waals surface area contributed by atoms with E-state index in [0.29, 0.717) is 24.4 Å². The molecule has 0 radical (unpaired) electrons. The average Bonchev–Trinajstić information content (AvgIpc) is 2.84. The van der Waals surface area contributed by atoms with Crippen molar-refractivity contribution in [2.45, 2.75) is 43.7 Å². The Morgan fingerprint density at radius 3 is 2.64 bits per heavy atom. The fraction of sp³-hybridized carbons (Fsp3) is 1.00. The topological polar surface area (TPSA) is 25.1 Å². The second-order valence-corrected chi connectivity index (χ2v) is 4.48. The Labute approximate surface area is 65.9 Å². The first-order valence-corrected chi connectivity index (χ1v) is 4.73. The molecular formula is C9H12O2. The summed E-state index contributed by atoms with van der Waals surface area (Å²) in [6.07, 6.45) is 6.60. The molecule has 2 aliphatic carbocycles. The van der Waals surface area contributed by atoms with Gasteiger partial charge in [0.1, 0.15) is 0 Å². The maximum atomic E-state index is 5.53. The molecule has 2 heteroatoms. The van der Waals surface area contributed by atoms with Crippen LogP contribution in [0.2, 0.25) is 0 Å². The van der Waals surface area contributed by atoms with E-state index in [2.05, 4.69) is 0 Å². The number of hydrogen-bond acceptors (Lipinski definition) is 2. The SMILES string of the molecule is C1C2CC3OC3C2CC2OC12. The Morgan fingerprint density at radius 1 is 0.818 bits per heavy atom. The van der Waals surface area contributed by atoms with E-state index in [1.54, 1.807) is 0 Å². The third kappa shape index (κ3) is 0.611. The van der Waals surface area contributed by atoms with Crippen molar-refractivity contribution in [1.82, 2.24) is 0 Å². The lowest BCUT2D eigenvalue weighted by atomic mass is 9.81. The van der Waals surface area contributed by atoms with Crippen molar-refractivity contribution < 1.29 is 9.47 Å². The molecule has 4 fully saturated rings. The summed E-state index contributed by atoms with van der Waals surface area (Å²) >= 11 is 0. The number of epoxide rings is 2. The minimum absolute atomic E-state index is 0.638. The maximum Gasteiger partial charge on any atom is 0.0873 e. The Balaban J connectivity index is 1.65. The van der Waals surface area contributed by atoms with Crippen molar-refractivity contribution in [3.05, 3.63) is 0 Å². The molecule has 6 unspecified atom stereocenters. The van der Waals surface area contributed by atoms with Crippen LogP contribution in [0.4, 0.5) is 0 Å². The first-order chi connectivity index (χ1) is 5.42. The summed E-state index contributed by atoms with van der Waals surface area (Å²) in [6, 6.07) is 0. The highest BCUT2D eigenvalue weighted by atomic mass is 16.6. The van der Waals surface area contributed by atoms with Gasteiger partial charge in [0.05, 0.1) is 24.4 Å². The minimum Gasteiger partial charge on any atom is -0.370 e. The van der Waals surface area contributed by atoms with Crippen molar-refractivity contribution in [2.24, 2.45) is 11.8 Å². The van der Waals surface area contributed by atoms with Crippen LogP contribution >= 0.6 is 0 Å². The molecule has 0 aromatic rings. The van der Waals surface area contributed by atoms with Crippen molar-refractivity contribution in [1.29, 1.82) is 0 Å². The van der Waals surface area contributed by atoms with Gasteiger partial charge in [0.2, 0.25) is 0 Å². The first-order valence-electron chi connectivity index (χ1n) is 4.73. The van der Waals surface area contributed by atoms with Gasteiger partial charge in [-0.05, 0) is 31.1 Å². The largest absolute Gasteiger partial charge is 0.370 e. The van der Waals surface area contributed by atoms with E-state index < -0.39 is 0 Å². The van der Waals surface area contributed by atoms with Gasteiger partial charge in [0.25, 0.3) is 0 Å². The van der Waals surface area contributed by atoms with Crippen molar-refractivity contribution in [3.63, 3.8) is 0 Å². The molecule has 2 saturated carbocycles. The standard InChI is InChI=1S/C9H12O2/c1-4-2-8-9(11-8)5(4)3-7-6(1)10-7/h4-9H,1-3H2. The molecule has 0 amide bonds. The third-order valence-electron chi connectivity index (χ3n) is 3.91. The van der Waals surface area contributed by atoms with Gasteiger partial charge in [-0.25, -0.2) is 0 Å². The van der Waals surface area contributed by atoms with Crippen LogP contribution < -0.4 is 0 Å². The smallest absolute Gasteiger partial charge is 0.0873 e. The summed E-state index contributed by atoms with van der Waals surface area (Å²) < 4.78 is 11.1. The molecule has 4 aliphatic rings. The molecule has 6 atom stereocenters. The molecule has 0 bridgehead atoms. The van der Waals surface area contributed by atoms with E-state index in [9.17, 15) is 0 Å². The highest BCUT2D eigenvalue weighted by molar-refractivity contribution is 5.09. The van der Waals surface area contributed by atoms with Gasteiger partial charge >= 0.3 is 0 Å². The average molecular weight is 152 g/mol. The van der Waals surface area contributed by atoms with Gasteiger partial charge in [-0.1, -0.05) is 0 Å². The second kappa shape index (κ2) is 1.50. The predicted octanol–water partition coefficient (Wildman–Crippen LogP) is 0.951. The molecular weight excluding hydrogens is 140 g/mol. The molecule has 2 nitrogen and oxygen atoms in total. The van der Waals surface area contributed by atoms with E-state index in [4.69, 9.17) is 9.47 Å². The Bertz CT molecular complexity index is 216. The lowest BCUT2D eigenvalue weighted by molar-refractivity contribution is 0.171. The van der Waals surface area contributed by atoms with Crippen molar-refractivity contribution >= 4 is 0 Å². The summed E-state index contributed by atoms with van der Waals surface area (Å²) in [5.74, 6) is 1.84. The fourth-order valence-electron chi connectivity index (χ4n) is 3.22. The molecule has 2 heterocycles. The Hall–Kier alpha value is -0.0800. The molecule has 0 aromatic heterocycles. The summed E-state index contributed by atoms with van der Waals surface area (Å²) in [5.41, 5.74) is 0. The summed E-state index contributed by atoms with van der Waals surface area (Å²) in [7, 11) is 0. The zero-order chi connectivity index (χ0) is 7.00. The van der Waals surface area contributed by atoms with Gasteiger partial charge in [-0.15, -0.1) is 0 Å². The molecule has 60 valence electrons. The van der Waals surface area contributed by atoms with Gasteiger partial charge in [0, 0.05) is 0 Å². The minimum atomic E-state index is 0.638. The van der Waals surface area contributed by atoms with Crippen LogP contribution in [0.3, 0.4) is 0 Å². The van der Waals surface area contributed by atoms with Gasteiger partial charge in [-0.2, -0.15) is 0 Å². The number of rotatable bonds is 0. The summed E-state index contributed by atoms with van der Waals surface area (Å²) in [4.78, 5) is 0. The van der Waals surface area contributed by atoms with Crippen LogP contribution in [0.25, 0.3) is 0 Å². The Kier molecular flexibility index (Phi) is 0.758. The third-order valence-corrected chi connectivity index (χ3v) is 3.91. The van der Waals surface area contributed by atoms with E-state index in [1.807, 2.05) is 0 Å². The number of fused-ring (bicyclic) bond motifs is 4. The highest BCUT2D eigenvalue weighted by Crippen LogP contribution is 2.56. The van der Waals surface area contributed by atoms with E-state index in [0.717, 1.165) is 11.8 Å². The van der Waals surface area contributed by atoms with E-state index in [1.165, 1.54) is 19.3 Å². The quantitative estimate of drug-likeness (QED) is 0.483. The summed E-state index contributed by atoms with van der Waals surface area (Å²) in [6.45, 7) is 0. The maximum absolute atomic E-state index is 5.53. The van der Waals surface area contributed by atoms with Crippen molar-refractivity contribution in [3.8, 4) is 0 Å². The number of hydrogen-bond donors (Lipinski definition) is 0. The lowest BCUT2D eigenvalue weighted by Gasteiger charge is -2.23. The zero-order valence-electron chi connectivity index (χ0n) is 6.40. The molecule has 2 aliphatic heterocycles. The zero-order valence-corrected chi connectivity index (χ0v) is 6.40. The van der Waals surface area contributed by atoms with E-state index in [-0.39, 0.29) is 0 Å². The predicted molar refractivity (Wildman–Crippen MR) is 38.2 cm³/mol. The number of ether oxygens (including phenoxy) is 2. The van der Waals surface area contributed by atoms with Crippen LogP contribution in [0.1, 0.15) is 19.3 Å². The second-order valence-electron chi connectivity index (χ2n) is 4.48. The molecule has 4 rings (SSSR count). The van der Waals surface area contributed by atoms with Gasteiger partial charge in [-0.3, -0.25) is 0 Å². The van der Waals surface area contributed by atoms with Crippen LogP contribution in [0, 0.1) is 11.8 Å². The van der Waals surface area contributed by atoms with Crippen molar-refractivity contribution in [2.75, 3.05) is 0 Å². The van der Waals surface area contributed by atoms with E-state index >= 15 is 0 Å². The van der Waals surface area contributed by atoms with Gasteiger partial charge < -0.3 is 9.47 Å². The molecule has 0 N–H and O–H groups in total. The van der Waals surface area contributed by atoms with Crippen LogP contribution in [-0.4, -0.2) is 24.4 Å². The molecule has 11 heavy (non-hydrogen) atoms. The van der Waals surface area contributed by atoms with Crippen LogP contribution in [-0.2, 0) is 9.47 Å². The molecule has 2 saturated heterocycles. The van der Waals surface area contributed by atoms with Crippen LogP contribution in [0.5, 0.6) is 0 Å². The molecule has 0 spiro atoms. The van der Waals surface area contributed by atoms with Gasteiger partial charge in [0.15, 0.2) is 0 Å². The normalized spacial score (nSPS) is 69.8. The first kappa shape index (κ1) is 5.55. The lowest BCUT2D eigenvalue weighted by Crippen LogP contribution is -2.24. The Morgan fingerprint density at radius 2 is 1.64 bits per heavy atom. The fourth-order valence-corrected chi connectivity index (χ4v) is 3.22. The monoisotopic (exact) mass is 152 g/mol. The summed E-state index contributed by atoms with van der Waals surface area (Å²) in [5, 5.41) is 0. The molecule has 0 aromatic carbocycles. The van der Waals surface area contributed by atoms with Crippen LogP contribution in [0.15, 0.2) is 0 Å². The highest BCUT2D eigenvalue weighted by Gasteiger charge is 2.61.